The maximum absolute atomic E-state index is 13.2. The molecule has 0 aliphatic carbocycles. The van der Waals surface area contributed by atoms with E-state index in [1.165, 1.54) is 11.1 Å². The summed E-state index contributed by atoms with van der Waals surface area (Å²) in [5.41, 5.74) is 2.47. The van der Waals surface area contributed by atoms with Crippen LogP contribution in [-0.4, -0.2) is 34.7 Å². The van der Waals surface area contributed by atoms with E-state index in [2.05, 4.69) is 12.1 Å². The van der Waals surface area contributed by atoms with Gasteiger partial charge in [-0.1, -0.05) is 54.6 Å². The molecule has 3 rings (SSSR count). The highest BCUT2D eigenvalue weighted by Crippen LogP contribution is 2.27. The molecule has 0 fully saturated rings. The fourth-order valence-electron chi connectivity index (χ4n) is 3.68. The molecule has 27 heavy (non-hydrogen) atoms. The van der Waals surface area contributed by atoms with Gasteiger partial charge in [-0.25, -0.2) is 0 Å². The number of hydrogen-bond acceptors (Lipinski definition) is 2. The van der Waals surface area contributed by atoms with Crippen LogP contribution in [0.25, 0.3) is 0 Å². The molecule has 0 saturated carbocycles. The number of benzene rings is 2. The van der Waals surface area contributed by atoms with Crippen LogP contribution in [0.3, 0.4) is 0 Å². The lowest BCUT2D eigenvalue weighted by Gasteiger charge is -2.37. The van der Waals surface area contributed by atoms with Gasteiger partial charge in [-0.05, 0) is 43.9 Å². The van der Waals surface area contributed by atoms with Gasteiger partial charge in [0.1, 0.15) is 5.41 Å². The lowest BCUT2D eigenvalue weighted by molar-refractivity contribution is -0.155. The maximum atomic E-state index is 13.2. The second kappa shape index (κ2) is 7.95. The van der Waals surface area contributed by atoms with Crippen LogP contribution in [0.5, 0.6) is 0 Å². The molecule has 142 valence electrons. The summed E-state index contributed by atoms with van der Waals surface area (Å²) in [4.78, 5) is 30.0. The summed E-state index contributed by atoms with van der Waals surface area (Å²) >= 11 is 0. The lowest BCUT2D eigenvalue weighted by atomic mass is 9.87. The van der Waals surface area contributed by atoms with Gasteiger partial charge < -0.3 is 9.80 Å². The van der Waals surface area contributed by atoms with Crippen molar-refractivity contribution in [3.8, 4) is 0 Å². The van der Waals surface area contributed by atoms with Crippen LogP contribution < -0.4 is 0 Å². The zero-order valence-electron chi connectivity index (χ0n) is 16.4. The van der Waals surface area contributed by atoms with Crippen LogP contribution in [-0.2, 0) is 29.1 Å². The van der Waals surface area contributed by atoms with E-state index < -0.39 is 5.41 Å². The largest absolute Gasteiger partial charge is 0.338 e. The predicted octanol–water partition coefficient (Wildman–Crippen LogP) is 3.65. The number of fused-ring (bicyclic) bond motifs is 1. The van der Waals surface area contributed by atoms with Gasteiger partial charge in [0.25, 0.3) is 0 Å². The van der Waals surface area contributed by atoms with Crippen molar-refractivity contribution < 1.29 is 9.59 Å². The Morgan fingerprint density at radius 2 is 1.63 bits per heavy atom. The molecule has 0 atom stereocenters. The molecule has 1 aliphatic rings. The van der Waals surface area contributed by atoms with Crippen LogP contribution in [0.4, 0.5) is 0 Å². The van der Waals surface area contributed by atoms with Crippen molar-refractivity contribution in [2.45, 2.75) is 40.3 Å². The third-order valence-electron chi connectivity index (χ3n) is 5.37. The second-order valence-electron chi connectivity index (χ2n) is 7.68. The van der Waals surface area contributed by atoms with E-state index in [9.17, 15) is 9.59 Å². The van der Waals surface area contributed by atoms with Gasteiger partial charge in [0.15, 0.2) is 0 Å². The Labute approximate surface area is 161 Å². The van der Waals surface area contributed by atoms with Crippen molar-refractivity contribution in [2.24, 2.45) is 5.41 Å². The Morgan fingerprint density at radius 1 is 1.00 bits per heavy atom. The molecule has 0 aromatic heterocycles. The zero-order valence-corrected chi connectivity index (χ0v) is 16.4. The number of nitrogens with zero attached hydrogens (tertiary/aromatic N) is 2. The third-order valence-corrected chi connectivity index (χ3v) is 5.37. The first-order valence-corrected chi connectivity index (χ1v) is 9.63. The summed E-state index contributed by atoms with van der Waals surface area (Å²) < 4.78 is 0. The van der Waals surface area contributed by atoms with Crippen LogP contribution in [0.2, 0.25) is 0 Å². The molecule has 1 heterocycles. The van der Waals surface area contributed by atoms with Crippen molar-refractivity contribution >= 4 is 11.8 Å². The van der Waals surface area contributed by atoms with Gasteiger partial charge in [0, 0.05) is 26.2 Å². The summed E-state index contributed by atoms with van der Waals surface area (Å²) in [6, 6.07) is 18.1. The molecule has 0 N–H and O–H groups in total. The molecule has 4 nitrogen and oxygen atoms in total. The first-order valence-electron chi connectivity index (χ1n) is 9.63. The Bertz CT molecular complexity index is 798. The third kappa shape index (κ3) is 4.05. The normalized spacial score (nSPS) is 13.8. The van der Waals surface area contributed by atoms with Gasteiger partial charge in [0.05, 0.1) is 0 Å². The molecule has 4 heteroatoms. The summed E-state index contributed by atoms with van der Waals surface area (Å²) in [5.74, 6) is -0.203. The van der Waals surface area contributed by atoms with Crippen molar-refractivity contribution in [2.75, 3.05) is 13.1 Å². The highest BCUT2D eigenvalue weighted by Gasteiger charge is 2.42. The molecular formula is C23H28N2O2. The van der Waals surface area contributed by atoms with E-state index >= 15 is 0 Å². The van der Waals surface area contributed by atoms with Crippen LogP contribution in [0, 0.1) is 5.41 Å². The summed E-state index contributed by atoms with van der Waals surface area (Å²) in [6.45, 7) is 7.81. The Morgan fingerprint density at radius 3 is 2.30 bits per heavy atom. The van der Waals surface area contributed by atoms with E-state index in [1.807, 2.05) is 54.3 Å². The van der Waals surface area contributed by atoms with Crippen LogP contribution in [0.1, 0.15) is 37.5 Å². The SMILES string of the molecule is CCN(Cc1ccccc1)C(=O)C(C)(C)C(=O)N1CCc2ccccc2C1. The average molecular weight is 364 g/mol. The zero-order chi connectivity index (χ0) is 19.4. The summed E-state index contributed by atoms with van der Waals surface area (Å²) in [5, 5.41) is 0. The fourth-order valence-corrected chi connectivity index (χ4v) is 3.68. The van der Waals surface area contributed by atoms with E-state index in [0.717, 1.165) is 12.0 Å². The first kappa shape index (κ1) is 19.2. The second-order valence-corrected chi connectivity index (χ2v) is 7.68. The van der Waals surface area contributed by atoms with Crippen LogP contribution in [0.15, 0.2) is 54.6 Å². The van der Waals surface area contributed by atoms with Crippen molar-refractivity contribution in [1.29, 1.82) is 0 Å². The lowest BCUT2D eigenvalue weighted by Crippen LogP contribution is -2.51. The van der Waals surface area contributed by atoms with Gasteiger partial charge >= 0.3 is 0 Å². The molecule has 2 aromatic rings. The minimum atomic E-state index is -1.07. The van der Waals surface area contributed by atoms with Crippen LogP contribution >= 0.6 is 0 Å². The number of rotatable bonds is 5. The molecule has 1 aliphatic heterocycles. The molecule has 0 spiro atoms. The molecule has 0 saturated heterocycles. The van der Waals surface area contributed by atoms with Gasteiger partial charge in [0.2, 0.25) is 11.8 Å². The monoisotopic (exact) mass is 364 g/mol. The number of carbonyl (C=O) groups excluding carboxylic acids is 2. The summed E-state index contributed by atoms with van der Waals surface area (Å²) in [6.07, 6.45) is 0.841. The van der Waals surface area contributed by atoms with E-state index in [1.54, 1.807) is 18.7 Å². The molecule has 0 bridgehead atoms. The van der Waals surface area contributed by atoms with Crippen molar-refractivity contribution in [1.82, 2.24) is 9.80 Å². The molecule has 0 radical (unpaired) electrons. The topological polar surface area (TPSA) is 40.6 Å². The van der Waals surface area contributed by atoms with Gasteiger partial charge in [-0.2, -0.15) is 0 Å². The Hall–Kier alpha value is -2.62. The highest BCUT2D eigenvalue weighted by atomic mass is 16.2. The first-order chi connectivity index (χ1) is 12.9. The van der Waals surface area contributed by atoms with E-state index in [0.29, 0.717) is 26.2 Å². The van der Waals surface area contributed by atoms with Crippen molar-refractivity contribution in [3.63, 3.8) is 0 Å². The smallest absolute Gasteiger partial charge is 0.238 e. The molecule has 2 aromatic carbocycles. The Balaban J connectivity index is 1.74. The standard InChI is InChI=1S/C23H28N2O2/c1-4-24(16-18-10-6-5-7-11-18)21(26)23(2,3)22(27)25-15-14-19-12-8-9-13-20(19)17-25/h5-13H,4,14-17H2,1-3H3. The van der Waals surface area contributed by atoms with Gasteiger partial charge in [-0.3, -0.25) is 9.59 Å². The quantitative estimate of drug-likeness (QED) is 0.760. The van der Waals surface area contributed by atoms with E-state index in [-0.39, 0.29) is 11.8 Å². The minimum absolute atomic E-state index is 0.0893. The van der Waals surface area contributed by atoms with Crippen molar-refractivity contribution in [3.05, 3.63) is 71.3 Å². The van der Waals surface area contributed by atoms with E-state index in [4.69, 9.17) is 0 Å². The maximum Gasteiger partial charge on any atom is 0.238 e. The number of carbonyl (C=O) groups is 2. The number of hydrogen-bond donors (Lipinski definition) is 0. The minimum Gasteiger partial charge on any atom is -0.338 e. The molecular weight excluding hydrogens is 336 g/mol. The summed E-state index contributed by atoms with van der Waals surface area (Å²) in [7, 11) is 0. The molecule has 2 amide bonds. The van der Waals surface area contributed by atoms with Gasteiger partial charge in [-0.15, -0.1) is 0 Å². The molecule has 0 unspecified atom stereocenters. The Kier molecular flexibility index (Phi) is 5.64. The average Bonchev–Trinajstić information content (AvgIpc) is 2.71. The fraction of sp³-hybridized carbons (Fsp3) is 0.391. The predicted molar refractivity (Wildman–Crippen MR) is 107 cm³/mol. The highest BCUT2D eigenvalue weighted by molar-refractivity contribution is 6.04. The number of amides is 2.